The zero-order chi connectivity index (χ0) is 14.0. The lowest BCUT2D eigenvalue weighted by Crippen LogP contribution is -2.48. The summed E-state index contributed by atoms with van der Waals surface area (Å²) in [5.74, 6) is 0.394. The predicted octanol–water partition coefficient (Wildman–Crippen LogP) is 2.29. The number of carbonyl (C=O) groups excluding carboxylic acids is 1. The Hall–Kier alpha value is -1.89. The largest absolute Gasteiger partial charge is 0.338 e. The Morgan fingerprint density at radius 3 is 2.79 bits per heavy atom. The number of hydrogen-bond acceptors (Lipinski definition) is 3. The van der Waals surface area contributed by atoms with Crippen LogP contribution in [0.3, 0.4) is 0 Å². The van der Waals surface area contributed by atoms with Crippen molar-refractivity contribution in [3.05, 3.63) is 29.6 Å². The molecule has 0 unspecified atom stereocenters. The van der Waals surface area contributed by atoms with E-state index < -0.39 is 5.41 Å². The Kier molecular flexibility index (Phi) is 3.57. The van der Waals surface area contributed by atoms with Gasteiger partial charge in [0, 0.05) is 12.7 Å². The van der Waals surface area contributed by atoms with E-state index in [9.17, 15) is 10.1 Å². The van der Waals surface area contributed by atoms with E-state index >= 15 is 0 Å². The molecular formula is C15H19N3O. The van der Waals surface area contributed by atoms with E-state index in [0.717, 1.165) is 11.4 Å². The van der Waals surface area contributed by atoms with Crippen molar-refractivity contribution in [2.75, 3.05) is 7.05 Å². The molecule has 0 spiro atoms. The molecule has 0 radical (unpaired) electrons. The molecule has 1 amide bonds. The number of nitrogens with zero attached hydrogens (tertiary/aromatic N) is 3. The number of amides is 1. The van der Waals surface area contributed by atoms with Crippen LogP contribution in [0.4, 0.5) is 0 Å². The van der Waals surface area contributed by atoms with E-state index in [1.54, 1.807) is 11.9 Å². The van der Waals surface area contributed by atoms with Gasteiger partial charge in [-0.05, 0) is 37.8 Å². The zero-order valence-electron chi connectivity index (χ0n) is 11.7. The van der Waals surface area contributed by atoms with Crippen molar-refractivity contribution >= 4 is 5.91 Å². The van der Waals surface area contributed by atoms with Gasteiger partial charge in [-0.15, -0.1) is 0 Å². The van der Waals surface area contributed by atoms with Crippen LogP contribution in [0.1, 0.15) is 31.2 Å². The van der Waals surface area contributed by atoms with Gasteiger partial charge >= 0.3 is 0 Å². The summed E-state index contributed by atoms with van der Waals surface area (Å²) in [6.07, 6.45) is 1.35. The van der Waals surface area contributed by atoms with Gasteiger partial charge in [0.15, 0.2) is 0 Å². The van der Waals surface area contributed by atoms with Gasteiger partial charge < -0.3 is 4.90 Å². The minimum absolute atomic E-state index is 0.0728. The maximum atomic E-state index is 12.4. The molecule has 0 atom stereocenters. The van der Waals surface area contributed by atoms with Crippen LogP contribution in [-0.4, -0.2) is 22.8 Å². The van der Waals surface area contributed by atoms with Crippen LogP contribution < -0.4 is 0 Å². The molecule has 4 nitrogen and oxygen atoms in total. The maximum Gasteiger partial charge on any atom is 0.243 e. The molecule has 0 saturated heterocycles. The second-order valence-electron chi connectivity index (χ2n) is 5.64. The fraction of sp³-hybridized carbons (Fsp3) is 0.533. The van der Waals surface area contributed by atoms with Crippen molar-refractivity contribution in [1.82, 2.24) is 9.88 Å². The van der Waals surface area contributed by atoms with Gasteiger partial charge in [-0.2, -0.15) is 5.26 Å². The average molecular weight is 257 g/mol. The molecule has 1 aromatic heterocycles. The van der Waals surface area contributed by atoms with E-state index in [2.05, 4.69) is 18.0 Å². The molecule has 1 aromatic rings. The highest BCUT2D eigenvalue weighted by Crippen LogP contribution is 2.46. The first-order valence-electron chi connectivity index (χ1n) is 6.56. The van der Waals surface area contributed by atoms with Crippen molar-refractivity contribution < 1.29 is 4.79 Å². The van der Waals surface area contributed by atoms with Crippen molar-refractivity contribution in [2.45, 2.75) is 33.2 Å². The summed E-state index contributed by atoms with van der Waals surface area (Å²) in [5.41, 5.74) is 1.000. The molecule has 1 saturated carbocycles. The van der Waals surface area contributed by atoms with Crippen LogP contribution >= 0.6 is 0 Å². The Balaban J connectivity index is 2.06. The molecular weight excluding hydrogens is 238 g/mol. The molecule has 1 fully saturated rings. The van der Waals surface area contributed by atoms with Crippen molar-refractivity contribution in [2.24, 2.45) is 11.3 Å². The highest BCUT2D eigenvalue weighted by atomic mass is 16.2. The predicted molar refractivity (Wildman–Crippen MR) is 71.9 cm³/mol. The van der Waals surface area contributed by atoms with Crippen molar-refractivity contribution in [1.29, 1.82) is 5.26 Å². The third kappa shape index (κ3) is 2.60. The Labute approximate surface area is 114 Å². The van der Waals surface area contributed by atoms with E-state index in [1.807, 2.05) is 25.1 Å². The van der Waals surface area contributed by atoms with Gasteiger partial charge in [-0.3, -0.25) is 9.78 Å². The van der Waals surface area contributed by atoms with Crippen LogP contribution in [0.15, 0.2) is 18.2 Å². The first kappa shape index (κ1) is 13.5. The van der Waals surface area contributed by atoms with Crippen LogP contribution in [0, 0.1) is 29.6 Å². The number of pyridine rings is 1. The molecule has 100 valence electrons. The lowest BCUT2D eigenvalue weighted by molar-refractivity contribution is -0.144. The van der Waals surface area contributed by atoms with E-state index in [0.29, 0.717) is 25.3 Å². The van der Waals surface area contributed by atoms with Crippen LogP contribution in [0.2, 0.25) is 0 Å². The zero-order valence-corrected chi connectivity index (χ0v) is 11.7. The molecule has 0 aliphatic heterocycles. The normalized spacial score (nSPS) is 25.3. The average Bonchev–Trinajstić information content (AvgIpc) is 2.34. The molecule has 0 N–H and O–H groups in total. The molecule has 1 aliphatic rings. The minimum Gasteiger partial charge on any atom is -0.338 e. The van der Waals surface area contributed by atoms with Crippen LogP contribution in [0.25, 0.3) is 0 Å². The Morgan fingerprint density at radius 2 is 2.26 bits per heavy atom. The number of hydrogen-bond donors (Lipinski definition) is 0. The highest BCUT2D eigenvalue weighted by molar-refractivity contribution is 5.86. The summed E-state index contributed by atoms with van der Waals surface area (Å²) in [4.78, 5) is 18.4. The number of nitriles is 1. The minimum atomic E-state index is -0.794. The fourth-order valence-corrected chi connectivity index (χ4v) is 2.81. The summed E-state index contributed by atoms with van der Waals surface area (Å²) < 4.78 is 0. The number of aryl methyl sites for hydroxylation is 1. The van der Waals surface area contributed by atoms with Gasteiger partial charge in [-0.1, -0.05) is 13.0 Å². The van der Waals surface area contributed by atoms with E-state index in [1.165, 1.54) is 0 Å². The van der Waals surface area contributed by atoms with Crippen molar-refractivity contribution in [3.63, 3.8) is 0 Å². The molecule has 0 aromatic carbocycles. The first-order chi connectivity index (χ1) is 8.97. The SMILES string of the molecule is Cc1cccc(CN(C)C(=O)C2(C#N)CC(C)C2)n1. The van der Waals surface area contributed by atoms with E-state index in [4.69, 9.17) is 0 Å². The lowest BCUT2D eigenvalue weighted by Gasteiger charge is -2.41. The topological polar surface area (TPSA) is 57.0 Å². The lowest BCUT2D eigenvalue weighted by atomic mass is 9.63. The maximum absolute atomic E-state index is 12.4. The summed E-state index contributed by atoms with van der Waals surface area (Å²) >= 11 is 0. The van der Waals surface area contributed by atoms with Crippen LogP contribution in [0.5, 0.6) is 0 Å². The first-order valence-corrected chi connectivity index (χ1v) is 6.56. The Morgan fingerprint density at radius 1 is 1.58 bits per heavy atom. The second kappa shape index (κ2) is 5.00. The quantitative estimate of drug-likeness (QED) is 0.834. The fourth-order valence-electron chi connectivity index (χ4n) is 2.81. The highest BCUT2D eigenvalue weighted by Gasteiger charge is 2.50. The van der Waals surface area contributed by atoms with Crippen LogP contribution in [-0.2, 0) is 11.3 Å². The summed E-state index contributed by atoms with van der Waals surface area (Å²) in [7, 11) is 1.74. The standard InChI is InChI=1S/C15H19N3O/c1-11-7-15(8-11,10-16)14(19)18(3)9-13-6-4-5-12(2)17-13/h4-6,11H,7-9H2,1-3H3. The van der Waals surface area contributed by atoms with Gasteiger partial charge in [0.1, 0.15) is 5.41 Å². The smallest absolute Gasteiger partial charge is 0.243 e. The number of aromatic nitrogens is 1. The molecule has 2 rings (SSSR count). The molecule has 4 heteroatoms. The molecule has 1 heterocycles. The molecule has 0 bridgehead atoms. The number of carbonyl (C=O) groups is 1. The molecule has 1 aliphatic carbocycles. The monoisotopic (exact) mass is 257 g/mol. The third-order valence-corrected chi connectivity index (χ3v) is 3.71. The van der Waals surface area contributed by atoms with Gasteiger partial charge in [0.05, 0.1) is 18.3 Å². The van der Waals surface area contributed by atoms with Gasteiger partial charge in [0.2, 0.25) is 5.91 Å². The summed E-state index contributed by atoms with van der Waals surface area (Å²) in [6, 6.07) is 7.97. The third-order valence-electron chi connectivity index (χ3n) is 3.71. The van der Waals surface area contributed by atoms with Gasteiger partial charge in [0.25, 0.3) is 0 Å². The summed E-state index contributed by atoms with van der Waals surface area (Å²) in [5, 5.41) is 9.27. The Bertz CT molecular complexity index is 526. The van der Waals surface area contributed by atoms with Gasteiger partial charge in [-0.25, -0.2) is 0 Å². The second-order valence-corrected chi connectivity index (χ2v) is 5.64. The number of rotatable bonds is 3. The van der Waals surface area contributed by atoms with Crippen molar-refractivity contribution in [3.8, 4) is 6.07 Å². The van der Waals surface area contributed by atoms with E-state index in [-0.39, 0.29) is 5.91 Å². The summed E-state index contributed by atoms with van der Waals surface area (Å²) in [6.45, 7) is 4.46. The molecule has 19 heavy (non-hydrogen) atoms.